The molecule has 0 radical (unpaired) electrons. The lowest BCUT2D eigenvalue weighted by Crippen LogP contribution is -2.22. The molecule has 1 saturated carbocycles. The lowest BCUT2D eigenvalue weighted by molar-refractivity contribution is 0.774. The molecule has 0 unspecified atom stereocenters. The van der Waals surface area contributed by atoms with Gasteiger partial charge in [0.05, 0.1) is 4.47 Å². The molecule has 0 amide bonds. The lowest BCUT2D eigenvalue weighted by Gasteiger charge is -2.19. The minimum absolute atomic E-state index is 0.441. The second-order valence-corrected chi connectivity index (χ2v) is 4.69. The van der Waals surface area contributed by atoms with Gasteiger partial charge in [-0.1, -0.05) is 0 Å². The van der Waals surface area contributed by atoms with Crippen LogP contribution in [-0.2, 0) is 0 Å². The van der Waals surface area contributed by atoms with Crippen molar-refractivity contribution in [2.24, 2.45) is 11.8 Å². The summed E-state index contributed by atoms with van der Waals surface area (Å²) >= 11 is 3.44. The molecular formula is C9H14BrN5. The first kappa shape index (κ1) is 10.6. The Hall–Kier alpha value is -0.880. The van der Waals surface area contributed by atoms with Gasteiger partial charge >= 0.3 is 0 Å². The number of nitrogens with one attached hydrogen (secondary N) is 1. The second kappa shape index (κ2) is 4.32. The molecule has 1 aromatic heterocycles. The summed E-state index contributed by atoms with van der Waals surface area (Å²) in [6.45, 7) is 1.04. The lowest BCUT2D eigenvalue weighted by atomic mass is 10.4. The van der Waals surface area contributed by atoms with E-state index >= 15 is 0 Å². The molecule has 6 heteroatoms. The van der Waals surface area contributed by atoms with Crippen LogP contribution >= 0.6 is 15.9 Å². The molecule has 82 valence electrons. The number of anilines is 2. The third-order valence-electron chi connectivity index (χ3n) is 2.45. The first-order valence-corrected chi connectivity index (χ1v) is 5.70. The van der Waals surface area contributed by atoms with Crippen molar-refractivity contribution >= 4 is 27.7 Å². The molecule has 0 aromatic carbocycles. The SMILES string of the molecule is CN(CC1CC1)c1nc(NN)ncc1Br. The number of hydrogen-bond donors (Lipinski definition) is 2. The summed E-state index contributed by atoms with van der Waals surface area (Å²) < 4.78 is 0.893. The van der Waals surface area contributed by atoms with Gasteiger partial charge in [-0.05, 0) is 34.7 Å². The monoisotopic (exact) mass is 271 g/mol. The number of nitrogens with two attached hydrogens (primary N) is 1. The molecule has 5 nitrogen and oxygen atoms in total. The van der Waals surface area contributed by atoms with E-state index < -0.39 is 0 Å². The Bertz CT molecular complexity index is 352. The highest BCUT2D eigenvalue weighted by atomic mass is 79.9. The van der Waals surface area contributed by atoms with Crippen LogP contribution in [0, 0.1) is 5.92 Å². The highest BCUT2D eigenvalue weighted by molar-refractivity contribution is 9.10. The zero-order valence-electron chi connectivity index (χ0n) is 8.57. The molecule has 1 aliphatic carbocycles. The van der Waals surface area contributed by atoms with Gasteiger partial charge in [0.15, 0.2) is 0 Å². The smallest absolute Gasteiger partial charge is 0.239 e. The molecular weight excluding hydrogens is 258 g/mol. The van der Waals surface area contributed by atoms with Crippen molar-refractivity contribution in [1.29, 1.82) is 0 Å². The highest BCUT2D eigenvalue weighted by Gasteiger charge is 2.24. The van der Waals surface area contributed by atoms with Gasteiger partial charge in [0.1, 0.15) is 5.82 Å². The van der Waals surface area contributed by atoms with Gasteiger partial charge in [-0.2, -0.15) is 4.98 Å². The van der Waals surface area contributed by atoms with Gasteiger partial charge in [-0.3, -0.25) is 5.43 Å². The summed E-state index contributed by atoms with van der Waals surface area (Å²) in [4.78, 5) is 10.4. The zero-order chi connectivity index (χ0) is 10.8. The van der Waals surface area contributed by atoms with Crippen LogP contribution in [0.3, 0.4) is 0 Å². The van der Waals surface area contributed by atoms with Crippen molar-refractivity contribution in [2.75, 3.05) is 23.9 Å². The molecule has 0 spiro atoms. The molecule has 1 aromatic rings. The van der Waals surface area contributed by atoms with Crippen molar-refractivity contribution in [2.45, 2.75) is 12.8 Å². The average molecular weight is 272 g/mol. The fourth-order valence-electron chi connectivity index (χ4n) is 1.47. The van der Waals surface area contributed by atoms with Crippen LogP contribution in [0.5, 0.6) is 0 Å². The topological polar surface area (TPSA) is 67.1 Å². The summed E-state index contributed by atoms with van der Waals surface area (Å²) in [7, 11) is 2.03. The molecule has 0 bridgehead atoms. The van der Waals surface area contributed by atoms with Crippen LogP contribution in [0.25, 0.3) is 0 Å². The third-order valence-corrected chi connectivity index (χ3v) is 3.00. The molecule has 2 rings (SSSR count). The van der Waals surface area contributed by atoms with E-state index in [9.17, 15) is 0 Å². The number of rotatable bonds is 4. The number of nitrogens with zero attached hydrogens (tertiary/aromatic N) is 3. The van der Waals surface area contributed by atoms with Gasteiger partial charge < -0.3 is 4.90 Å². The van der Waals surface area contributed by atoms with Crippen molar-refractivity contribution in [3.8, 4) is 0 Å². The fourth-order valence-corrected chi connectivity index (χ4v) is 1.96. The molecule has 0 atom stereocenters. The Morgan fingerprint density at radius 2 is 2.40 bits per heavy atom. The summed E-state index contributed by atoms with van der Waals surface area (Å²) in [6, 6.07) is 0. The average Bonchev–Trinajstić information content (AvgIpc) is 3.02. The summed E-state index contributed by atoms with van der Waals surface area (Å²) in [6.07, 6.45) is 4.37. The van der Waals surface area contributed by atoms with Crippen molar-refractivity contribution in [3.05, 3.63) is 10.7 Å². The minimum atomic E-state index is 0.441. The molecule has 0 aliphatic heterocycles. The van der Waals surface area contributed by atoms with E-state index in [-0.39, 0.29) is 0 Å². The van der Waals surface area contributed by atoms with Gasteiger partial charge in [-0.15, -0.1) is 0 Å². The van der Waals surface area contributed by atoms with E-state index in [0.29, 0.717) is 5.95 Å². The van der Waals surface area contributed by atoms with Crippen LogP contribution in [-0.4, -0.2) is 23.6 Å². The van der Waals surface area contributed by atoms with Crippen LogP contribution in [0.1, 0.15) is 12.8 Å². The van der Waals surface area contributed by atoms with Gasteiger partial charge in [0, 0.05) is 19.8 Å². The van der Waals surface area contributed by atoms with E-state index in [4.69, 9.17) is 5.84 Å². The predicted octanol–water partition coefficient (Wildman–Crippen LogP) is 1.37. The Balaban J connectivity index is 2.16. The molecule has 1 fully saturated rings. The Morgan fingerprint density at radius 3 is 3.00 bits per heavy atom. The Morgan fingerprint density at radius 1 is 1.67 bits per heavy atom. The van der Waals surface area contributed by atoms with Gasteiger partial charge in [-0.25, -0.2) is 10.8 Å². The fraction of sp³-hybridized carbons (Fsp3) is 0.556. The van der Waals surface area contributed by atoms with Crippen LogP contribution < -0.4 is 16.2 Å². The minimum Gasteiger partial charge on any atom is -0.358 e. The molecule has 1 heterocycles. The Labute approximate surface area is 97.2 Å². The standard InChI is InChI=1S/C9H14BrN5/c1-15(5-6-2-3-6)8-7(10)4-12-9(13-8)14-11/h4,6H,2-3,5,11H2,1H3,(H,12,13,14). The summed E-state index contributed by atoms with van der Waals surface area (Å²) in [5.41, 5.74) is 2.45. The number of hydrazine groups is 1. The third kappa shape index (κ3) is 2.57. The van der Waals surface area contributed by atoms with Crippen molar-refractivity contribution < 1.29 is 0 Å². The van der Waals surface area contributed by atoms with E-state index in [2.05, 4.69) is 36.2 Å². The largest absolute Gasteiger partial charge is 0.358 e. The predicted molar refractivity (Wildman–Crippen MR) is 63.5 cm³/mol. The first-order valence-electron chi connectivity index (χ1n) is 4.91. The molecule has 1 aliphatic rings. The summed E-state index contributed by atoms with van der Waals surface area (Å²) in [5, 5.41) is 0. The quantitative estimate of drug-likeness (QED) is 0.640. The molecule has 15 heavy (non-hydrogen) atoms. The van der Waals surface area contributed by atoms with Gasteiger partial charge in [0.2, 0.25) is 5.95 Å². The molecule has 0 saturated heterocycles. The van der Waals surface area contributed by atoms with Crippen LogP contribution in [0.4, 0.5) is 11.8 Å². The van der Waals surface area contributed by atoms with Crippen molar-refractivity contribution in [3.63, 3.8) is 0 Å². The van der Waals surface area contributed by atoms with Crippen molar-refractivity contribution in [1.82, 2.24) is 9.97 Å². The highest BCUT2D eigenvalue weighted by Crippen LogP contribution is 2.32. The number of nitrogen functional groups attached to an aromatic ring is 1. The molecule has 3 N–H and O–H groups in total. The summed E-state index contributed by atoms with van der Waals surface area (Å²) in [5.74, 6) is 7.42. The number of aromatic nitrogens is 2. The second-order valence-electron chi connectivity index (χ2n) is 3.83. The van der Waals surface area contributed by atoms with Crippen LogP contribution in [0.15, 0.2) is 10.7 Å². The normalized spacial score (nSPS) is 15.1. The first-order chi connectivity index (χ1) is 7.20. The van der Waals surface area contributed by atoms with Gasteiger partial charge in [0.25, 0.3) is 0 Å². The maximum Gasteiger partial charge on any atom is 0.239 e. The maximum absolute atomic E-state index is 5.27. The van der Waals surface area contributed by atoms with E-state index in [1.807, 2.05) is 7.05 Å². The van der Waals surface area contributed by atoms with E-state index in [1.165, 1.54) is 12.8 Å². The number of halogens is 1. The number of hydrogen-bond acceptors (Lipinski definition) is 5. The maximum atomic E-state index is 5.27. The zero-order valence-corrected chi connectivity index (χ0v) is 10.2. The Kier molecular flexibility index (Phi) is 3.06. The van der Waals surface area contributed by atoms with E-state index in [1.54, 1.807) is 6.20 Å². The van der Waals surface area contributed by atoms with Crippen LogP contribution in [0.2, 0.25) is 0 Å². The van der Waals surface area contributed by atoms with E-state index in [0.717, 1.165) is 22.8 Å².